The van der Waals surface area contributed by atoms with Crippen LogP contribution in [0, 0.1) is 0 Å². The second kappa shape index (κ2) is 3.80. The smallest absolute Gasteiger partial charge is 0.179 e. The SMILES string of the molecule is [2H]C1=CC(=O)C(N)(c2c([2H])c([2H])c([2H])c([2H])c2Cl)C([2H])([2H])C1([2H])[2H]. The number of nitrogens with two attached hydrogens (primary N) is 1. The van der Waals surface area contributed by atoms with Gasteiger partial charge in [-0.25, -0.2) is 0 Å². The molecule has 0 aromatic heterocycles. The van der Waals surface area contributed by atoms with E-state index in [9.17, 15) is 4.79 Å². The molecule has 0 aliphatic heterocycles. The summed E-state index contributed by atoms with van der Waals surface area (Å²) in [5, 5.41) is -0.668. The number of carbonyl (C=O) groups is 1. The molecule has 0 amide bonds. The van der Waals surface area contributed by atoms with Gasteiger partial charge in [0.15, 0.2) is 5.78 Å². The number of carbonyl (C=O) groups excluding carboxylic acids is 1. The van der Waals surface area contributed by atoms with Crippen molar-refractivity contribution in [3.05, 3.63) is 46.9 Å². The third-order valence-corrected chi connectivity index (χ3v) is 2.24. The van der Waals surface area contributed by atoms with E-state index < -0.39 is 64.9 Å². The fourth-order valence-electron chi connectivity index (χ4n) is 1.17. The molecule has 2 nitrogen and oxygen atoms in total. The van der Waals surface area contributed by atoms with Crippen LogP contribution in [0.4, 0.5) is 0 Å². The Kier molecular flexibility index (Phi) is 1.02. The van der Waals surface area contributed by atoms with Gasteiger partial charge in [0.05, 0.1) is 6.85 Å². The molecule has 2 N–H and O–H groups in total. The molecule has 2 rings (SSSR count). The van der Waals surface area contributed by atoms with E-state index in [4.69, 9.17) is 29.7 Å². The average molecular weight is 231 g/mol. The number of rotatable bonds is 1. The minimum Gasteiger partial charge on any atom is -0.315 e. The Hall–Kier alpha value is -1.12. The second-order valence-corrected chi connectivity index (χ2v) is 3.28. The highest BCUT2D eigenvalue weighted by Crippen LogP contribution is 2.33. The van der Waals surface area contributed by atoms with E-state index in [0.717, 1.165) is 0 Å². The minimum absolute atomic E-state index is 0.513. The number of ketones is 1. The zero-order valence-electron chi connectivity index (χ0n) is 16.4. The van der Waals surface area contributed by atoms with Crippen molar-refractivity contribution >= 4 is 17.4 Å². The van der Waals surface area contributed by atoms with Gasteiger partial charge in [-0.05, 0) is 30.4 Å². The fraction of sp³-hybridized carbons (Fsp3) is 0.250. The van der Waals surface area contributed by atoms with E-state index in [-0.39, 0.29) is 0 Å². The summed E-state index contributed by atoms with van der Waals surface area (Å²) in [6.45, 7) is 0. The van der Waals surface area contributed by atoms with Crippen molar-refractivity contribution in [2.75, 3.05) is 0 Å². The number of hydrogen-bond acceptors (Lipinski definition) is 2. The van der Waals surface area contributed by atoms with Gasteiger partial charge < -0.3 is 5.73 Å². The molecule has 0 radical (unpaired) electrons. The standard InChI is InChI=1S/C12H12ClNO/c13-10-6-2-1-5-9(10)12(14)8-4-3-7-11(12)15/h1-3,5-7H,4,8,14H2/i1D,2D,3D,4D2,5D,6D,8D2. The molecular weight excluding hydrogens is 210 g/mol. The van der Waals surface area contributed by atoms with E-state index in [1.54, 1.807) is 0 Å². The molecule has 3 heteroatoms. The Morgan fingerprint density at radius 2 is 2.27 bits per heavy atom. The van der Waals surface area contributed by atoms with Gasteiger partial charge in [-0.2, -0.15) is 0 Å². The van der Waals surface area contributed by atoms with Crippen molar-refractivity contribution in [2.45, 2.75) is 18.3 Å². The van der Waals surface area contributed by atoms with Crippen molar-refractivity contribution < 1.29 is 17.1 Å². The lowest BCUT2D eigenvalue weighted by Gasteiger charge is -2.30. The largest absolute Gasteiger partial charge is 0.315 e. The summed E-state index contributed by atoms with van der Waals surface area (Å²) in [5.41, 5.74) is 2.34. The van der Waals surface area contributed by atoms with Crippen LogP contribution < -0.4 is 5.73 Å². The lowest BCUT2D eigenvalue weighted by atomic mass is 9.79. The van der Waals surface area contributed by atoms with Gasteiger partial charge >= 0.3 is 0 Å². The number of allylic oxidation sites excluding steroid dienone is 1. The Labute approximate surface area is 106 Å². The highest BCUT2D eigenvalue weighted by atomic mass is 35.5. The normalized spacial score (nSPS) is 41.6. The Bertz CT molecular complexity index is 762. The van der Waals surface area contributed by atoms with Crippen molar-refractivity contribution in [3.63, 3.8) is 0 Å². The summed E-state index contributed by atoms with van der Waals surface area (Å²) in [6.07, 6.45) is -5.65. The summed E-state index contributed by atoms with van der Waals surface area (Å²) >= 11 is 5.92. The van der Waals surface area contributed by atoms with E-state index >= 15 is 0 Å². The van der Waals surface area contributed by atoms with Gasteiger partial charge in [-0.15, -0.1) is 0 Å². The van der Waals surface area contributed by atoms with E-state index in [0.29, 0.717) is 6.08 Å². The molecule has 1 aliphatic carbocycles. The molecule has 1 unspecified atom stereocenters. The summed E-state index contributed by atoms with van der Waals surface area (Å²) in [5.74, 6) is -1.21. The maximum absolute atomic E-state index is 12.4. The zero-order chi connectivity index (χ0) is 18.8. The van der Waals surface area contributed by atoms with Crippen molar-refractivity contribution in [2.24, 2.45) is 5.73 Å². The summed E-state index contributed by atoms with van der Waals surface area (Å²) in [7, 11) is 0. The van der Waals surface area contributed by atoms with Gasteiger partial charge in [-0.1, -0.05) is 35.8 Å². The van der Waals surface area contributed by atoms with Crippen LogP contribution in [0.25, 0.3) is 0 Å². The molecule has 0 saturated heterocycles. The molecule has 0 heterocycles. The third kappa shape index (κ3) is 1.71. The van der Waals surface area contributed by atoms with Gasteiger partial charge in [0, 0.05) is 10.5 Å². The summed E-state index contributed by atoms with van der Waals surface area (Å²) in [4.78, 5) is 12.4. The number of hydrogen-bond donors (Lipinski definition) is 1. The van der Waals surface area contributed by atoms with Gasteiger partial charge in [0.25, 0.3) is 0 Å². The van der Waals surface area contributed by atoms with Crippen LogP contribution in [0.3, 0.4) is 0 Å². The first kappa shape index (κ1) is 4.04. The molecule has 0 spiro atoms. The average Bonchev–Trinajstić information content (AvgIpc) is 2.49. The highest BCUT2D eigenvalue weighted by Gasteiger charge is 2.36. The maximum atomic E-state index is 12.4. The van der Waals surface area contributed by atoms with Gasteiger partial charge in [0.1, 0.15) is 5.54 Å². The first-order valence-electron chi connectivity index (χ1n) is 8.51. The molecule has 0 fully saturated rings. The molecule has 1 aliphatic rings. The minimum atomic E-state index is -3.19. The van der Waals surface area contributed by atoms with E-state index in [1.165, 1.54) is 0 Å². The van der Waals surface area contributed by atoms with Crippen LogP contribution in [-0.2, 0) is 10.3 Å². The van der Waals surface area contributed by atoms with E-state index in [2.05, 4.69) is 0 Å². The maximum Gasteiger partial charge on any atom is 0.179 e. The monoisotopic (exact) mass is 230 g/mol. The number of halogens is 1. The van der Waals surface area contributed by atoms with E-state index in [1.807, 2.05) is 0 Å². The van der Waals surface area contributed by atoms with Crippen molar-refractivity contribution in [1.29, 1.82) is 0 Å². The van der Waals surface area contributed by atoms with Crippen LogP contribution in [-0.4, -0.2) is 5.78 Å². The highest BCUT2D eigenvalue weighted by molar-refractivity contribution is 6.31. The van der Waals surface area contributed by atoms with Crippen LogP contribution in [0.5, 0.6) is 0 Å². The molecule has 1 aromatic rings. The molecule has 1 atom stereocenters. The van der Waals surface area contributed by atoms with Crippen LogP contribution in [0.2, 0.25) is 5.02 Å². The zero-order valence-corrected chi connectivity index (χ0v) is 8.20. The first-order valence-corrected chi connectivity index (χ1v) is 4.39. The lowest BCUT2D eigenvalue weighted by molar-refractivity contribution is -0.120. The van der Waals surface area contributed by atoms with Crippen molar-refractivity contribution in [3.8, 4) is 0 Å². The fourth-order valence-corrected chi connectivity index (χ4v) is 1.41. The summed E-state index contributed by atoms with van der Waals surface area (Å²) < 4.78 is 70.0. The van der Waals surface area contributed by atoms with Crippen LogP contribution in [0.1, 0.15) is 30.6 Å². The summed E-state index contributed by atoms with van der Waals surface area (Å²) in [6, 6.07) is -3.95. The second-order valence-electron chi connectivity index (χ2n) is 2.90. The quantitative estimate of drug-likeness (QED) is 0.805. The molecule has 0 saturated carbocycles. The molecular formula is C12H12ClNO. The van der Waals surface area contributed by atoms with Crippen molar-refractivity contribution in [1.82, 2.24) is 0 Å². The third-order valence-electron chi connectivity index (χ3n) is 1.96. The van der Waals surface area contributed by atoms with Gasteiger partial charge in [0.2, 0.25) is 0 Å². The molecule has 0 bridgehead atoms. The van der Waals surface area contributed by atoms with Crippen LogP contribution >= 0.6 is 11.6 Å². The topological polar surface area (TPSA) is 43.1 Å². The Balaban J connectivity index is 2.98. The molecule has 15 heavy (non-hydrogen) atoms. The first-order chi connectivity index (χ1) is 10.7. The molecule has 78 valence electrons. The predicted octanol–water partition coefficient (Wildman–Crippen LogP) is 2.41. The number of benzene rings is 1. The predicted molar refractivity (Wildman–Crippen MR) is 60.7 cm³/mol. The van der Waals surface area contributed by atoms with Crippen LogP contribution in [0.15, 0.2) is 36.3 Å². The van der Waals surface area contributed by atoms with Gasteiger partial charge in [-0.3, -0.25) is 4.79 Å². The lowest BCUT2D eigenvalue weighted by Crippen LogP contribution is -2.45. The Morgan fingerprint density at radius 3 is 3.07 bits per heavy atom. The molecule has 1 aromatic carbocycles. The Morgan fingerprint density at radius 1 is 1.53 bits per heavy atom.